The monoisotopic (exact) mass is 143 g/mol. The summed E-state index contributed by atoms with van der Waals surface area (Å²) in [6.07, 6.45) is 1.77. The Labute approximate surface area is 60.6 Å². The van der Waals surface area contributed by atoms with Crippen LogP contribution in [0.5, 0.6) is 0 Å². The molecule has 10 heavy (non-hydrogen) atoms. The van der Waals surface area contributed by atoms with Gasteiger partial charge in [-0.25, -0.2) is 0 Å². The number of rotatable bonds is 2. The molecule has 0 aromatic rings. The summed E-state index contributed by atoms with van der Waals surface area (Å²) in [7, 11) is 0. The minimum absolute atomic E-state index is 0.0408. The molecule has 1 heterocycles. The van der Waals surface area contributed by atoms with Crippen LogP contribution >= 0.6 is 0 Å². The van der Waals surface area contributed by atoms with Crippen molar-refractivity contribution in [2.24, 2.45) is 5.41 Å². The molecule has 1 aliphatic rings. The van der Waals surface area contributed by atoms with Crippen molar-refractivity contribution >= 4 is 6.41 Å². The number of carbonyl (C=O) groups is 1. The van der Waals surface area contributed by atoms with Crippen LogP contribution in [0.25, 0.3) is 0 Å². The van der Waals surface area contributed by atoms with Crippen LogP contribution in [0, 0.1) is 5.41 Å². The average molecular weight is 143 g/mol. The first-order chi connectivity index (χ1) is 4.70. The number of aliphatic hydroxyl groups is 1. The van der Waals surface area contributed by atoms with Gasteiger partial charge < -0.3 is 10.0 Å². The molecule has 0 aromatic heterocycles. The third-order valence-corrected chi connectivity index (χ3v) is 2.12. The highest BCUT2D eigenvalue weighted by molar-refractivity contribution is 5.47. The van der Waals surface area contributed by atoms with Gasteiger partial charge in [-0.2, -0.15) is 0 Å². The van der Waals surface area contributed by atoms with Crippen molar-refractivity contribution in [1.29, 1.82) is 0 Å². The van der Waals surface area contributed by atoms with Gasteiger partial charge in [-0.3, -0.25) is 4.79 Å². The van der Waals surface area contributed by atoms with Gasteiger partial charge in [0.15, 0.2) is 0 Å². The van der Waals surface area contributed by atoms with Crippen molar-refractivity contribution in [2.45, 2.75) is 13.3 Å². The summed E-state index contributed by atoms with van der Waals surface area (Å²) >= 11 is 0. The van der Waals surface area contributed by atoms with Crippen molar-refractivity contribution < 1.29 is 9.90 Å². The minimum atomic E-state index is -0.0408. The Bertz CT molecular complexity index is 138. The predicted octanol–water partition coefficient (Wildman–Crippen LogP) is -0.153. The Morgan fingerprint density at radius 2 is 2.50 bits per heavy atom. The van der Waals surface area contributed by atoms with E-state index in [-0.39, 0.29) is 12.0 Å². The molecule has 1 amide bonds. The molecular weight excluding hydrogens is 130 g/mol. The zero-order valence-corrected chi connectivity index (χ0v) is 6.21. The summed E-state index contributed by atoms with van der Waals surface area (Å²) in [4.78, 5) is 12.0. The highest BCUT2D eigenvalue weighted by Crippen LogP contribution is 2.27. The lowest BCUT2D eigenvalue weighted by atomic mass is 9.91. The lowest BCUT2D eigenvalue weighted by Crippen LogP contribution is -2.26. The van der Waals surface area contributed by atoms with Crippen LogP contribution in [0.3, 0.4) is 0 Å². The molecule has 1 fully saturated rings. The van der Waals surface area contributed by atoms with Gasteiger partial charge in [-0.1, -0.05) is 6.92 Å². The molecule has 0 radical (unpaired) electrons. The molecule has 1 atom stereocenters. The number of hydrogen-bond donors (Lipinski definition) is 1. The largest absolute Gasteiger partial charge is 0.396 e. The first-order valence-electron chi connectivity index (χ1n) is 3.50. The summed E-state index contributed by atoms with van der Waals surface area (Å²) in [6, 6.07) is 0. The number of aliphatic hydroxyl groups excluding tert-OH is 1. The second-order valence-corrected chi connectivity index (χ2v) is 3.29. The van der Waals surface area contributed by atoms with E-state index < -0.39 is 0 Å². The molecule has 1 saturated heterocycles. The van der Waals surface area contributed by atoms with Gasteiger partial charge in [-0.15, -0.1) is 0 Å². The molecule has 1 rings (SSSR count). The molecule has 0 saturated carbocycles. The molecule has 0 aliphatic carbocycles. The molecule has 1 N–H and O–H groups in total. The summed E-state index contributed by atoms with van der Waals surface area (Å²) in [5.74, 6) is 0. The average Bonchev–Trinajstić information content (AvgIpc) is 2.33. The summed E-state index contributed by atoms with van der Waals surface area (Å²) < 4.78 is 0. The fraction of sp³-hybridized carbons (Fsp3) is 0.857. The molecule has 0 aromatic carbocycles. The minimum Gasteiger partial charge on any atom is -0.396 e. The number of carbonyl (C=O) groups excluding carboxylic acids is 1. The van der Waals surface area contributed by atoms with Crippen LogP contribution in [0.1, 0.15) is 13.3 Å². The number of likely N-dealkylation sites (tertiary alicyclic amines) is 1. The standard InChI is InChI=1S/C7H13NO2/c1-7(5-9)2-3-8(4-7)6-10/h6,9H,2-5H2,1H3. The zero-order chi connectivity index (χ0) is 7.61. The van der Waals surface area contributed by atoms with E-state index >= 15 is 0 Å². The summed E-state index contributed by atoms with van der Waals surface area (Å²) in [6.45, 7) is 3.67. The van der Waals surface area contributed by atoms with E-state index in [0.29, 0.717) is 6.54 Å². The van der Waals surface area contributed by atoms with Crippen molar-refractivity contribution in [1.82, 2.24) is 4.90 Å². The van der Waals surface area contributed by atoms with Crippen LogP contribution in [0.4, 0.5) is 0 Å². The van der Waals surface area contributed by atoms with E-state index in [0.717, 1.165) is 19.4 Å². The smallest absolute Gasteiger partial charge is 0.209 e. The van der Waals surface area contributed by atoms with Crippen molar-refractivity contribution in [2.75, 3.05) is 19.7 Å². The Kier molecular flexibility index (Phi) is 1.94. The Morgan fingerprint density at radius 1 is 1.80 bits per heavy atom. The predicted molar refractivity (Wildman–Crippen MR) is 37.4 cm³/mol. The Morgan fingerprint density at radius 3 is 2.80 bits per heavy atom. The molecule has 3 nitrogen and oxygen atoms in total. The molecule has 58 valence electrons. The highest BCUT2D eigenvalue weighted by Gasteiger charge is 2.32. The van der Waals surface area contributed by atoms with E-state index in [4.69, 9.17) is 5.11 Å². The summed E-state index contributed by atoms with van der Waals surface area (Å²) in [5, 5.41) is 8.90. The van der Waals surface area contributed by atoms with Crippen molar-refractivity contribution in [3.8, 4) is 0 Å². The van der Waals surface area contributed by atoms with Crippen LogP contribution in [-0.2, 0) is 4.79 Å². The number of amides is 1. The van der Waals surface area contributed by atoms with Crippen molar-refractivity contribution in [3.05, 3.63) is 0 Å². The molecule has 0 bridgehead atoms. The second kappa shape index (κ2) is 2.58. The lowest BCUT2D eigenvalue weighted by molar-refractivity contribution is -0.117. The maximum atomic E-state index is 10.3. The first kappa shape index (κ1) is 7.54. The van der Waals surface area contributed by atoms with Gasteiger partial charge in [0, 0.05) is 18.5 Å². The van der Waals surface area contributed by atoms with Gasteiger partial charge >= 0.3 is 0 Å². The van der Waals surface area contributed by atoms with Crippen LogP contribution in [0.15, 0.2) is 0 Å². The number of hydrogen-bond acceptors (Lipinski definition) is 2. The van der Waals surface area contributed by atoms with Gasteiger partial charge in [0.25, 0.3) is 0 Å². The molecule has 1 aliphatic heterocycles. The van der Waals surface area contributed by atoms with Crippen LogP contribution in [-0.4, -0.2) is 36.1 Å². The molecule has 3 heteroatoms. The fourth-order valence-electron chi connectivity index (χ4n) is 1.28. The molecular formula is C7H13NO2. The lowest BCUT2D eigenvalue weighted by Gasteiger charge is -2.19. The molecule has 1 unspecified atom stereocenters. The summed E-state index contributed by atoms with van der Waals surface area (Å²) in [5.41, 5.74) is -0.0408. The zero-order valence-electron chi connectivity index (χ0n) is 6.21. The van der Waals surface area contributed by atoms with Gasteiger partial charge in [0.1, 0.15) is 0 Å². The Balaban J connectivity index is 2.48. The highest BCUT2D eigenvalue weighted by atomic mass is 16.3. The SMILES string of the molecule is CC1(CO)CCN(C=O)C1. The third-order valence-electron chi connectivity index (χ3n) is 2.12. The second-order valence-electron chi connectivity index (χ2n) is 3.29. The molecule has 0 spiro atoms. The Hall–Kier alpha value is -0.570. The third kappa shape index (κ3) is 1.29. The fourth-order valence-corrected chi connectivity index (χ4v) is 1.28. The first-order valence-corrected chi connectivity index (χ1v) is 3.50. The van der Waals surface area contributed by atoms with Crippen LogP contribution < -0.4 is 0 Å². The quantitative estimate of drug-likeness (QED) is 0.546. The van der Waals surface area contributed by atoms with Gasteiger partial charge in [-0.05, 0) is 6.42 Å². The van der Waals surface area contributed by atoms with Crippen molar-refractivity contribution in [3.63, 3.8) is 0 Å². The normalized spacial score (nSPS) is 32.8. The van der Waals surface area contributed by atoms with E-state index in [1.54, 1.807) is 4.90 Å². The topological polar surface area (TPSA) is 40.5 Å². The maximum Gasteiger partial charge on any atom is 0.209 e. The number of nitrogens with zero attached hydrogens (tertiary/aromatic N) is 1. The van der Waals surface area contributed by atoms with Crippen LogP contribution in [0.2, 0.25) is 0 Å². The van der Waals surface area contributed by atoms with E-state index in [9.17, 15) is 4.79 Å². The van der Waals surface area contributed by atoms with E-state index in [2.05, 4.69) is 0 Å². The van der Waals surface area contributed by atoms with Gasteiger partial charge in [0.2, 0.25) is 6.41 Å². The maximum absolute atomic E-state index is 10.3. The van der Waals surface area contributed by atoms with E-state index in [1.807, 2.05) is 6.92 Å². The van der Waals surface area contributed by atoms with E-state index in [1.165, 1.54) is 0 Å². The van der Waals surface area contributed by atoms with Gasteiger partial charge in [0.05, 0.1) is 6.61 Å².